The van der Waals surface area contributed by atoms with E-state index in [9.17, 15) is 19.5 Å². The Bertz CT molecular complexity index is 1640. The summed E-state index contributed by atoms with van der Waals surface area (Å²) in [7, 11) is 1.29. The number of aryl methyl sites for hydroxylation is 2. The number of anilines is 1. The van der Waals surface area contributed by atoms with E-state index in [0.29, 0.717) is 34.2 Å². The number of amides is 1. The fraction of sp³-hybridized carbons (Fsp3) is 0.200. The number of benzene rings is 3. The molecule has 1 saturated heterocycles. The van der Waals surface area contributed by atoms with Gasteiger partial charge in [-0.25, -0.2) is 9.78 Å². The van der Waals surface area contributed by atoms with Crippen molar-refractivity contribution in [1.29, 1.82) is 0 Å². The van der Waals surface area contributed by atoms with E-state index < -0.39 is 23.7 Å². The van der Waals surface area contributed by atoms with Gasteiger partial charge in [-0.1, -0.05) is 29.5 Å². The molecule has 4 aromatic rings. The van der Waals surface area contributed by atoms with E-state index in [1.807, 2.05) is 32.9 Å². The minimum absolute atomic E-state index is 0.0675. The van der Waals surface area contributed by atoms with Gasteiger partial charge >= 0.3 is 11.9 Å². The van der Waals surface area contributed by atoms with Crippen LogP contribution in [0.2, 0.25) is 0 Å². The average molecular weight is 543 g/mol. The van der Waals surface area contributed by atoms with Crippen molar-refractivity contribution in [3.63, 3.8) is 0 Å². The molecule has 39 heavy (non-hydrogen) atoms. The second-order valence-electron chi connectivity index (χ2n) is 9.17. The third-order valence-electron chi connectivity index (χ3n) is 6.56. The van der Waals surface area contributed by atoms with Gasteiger partial charge in [-0.2, -0.15) is 0 Å². The molecule has 1 aliphatic rings. The first-order valence-corrected chi connectivity index (χ1v) is 13.2. The van der Waals surface area contributed by atoms with Crippen LogP contribution < -0.4 is 9.64 Å². The molecular weight excluding hydrogens is 516 g/mol. The summed E-state index contributed by atoms with van der Waals surface area (Å²) in [6.07, 6.45) is 0. The summed E-state index contributed by atoms with van der Waals surface area (Å²) >= 11 is 1.30. The normalized spacial score (nSPS) is 16.6. The van der Waals surface area contributed by atoms with Gasteiger partial charge < -0.3 is 14.6 Å². The van der Waals surface area contributed by atoms with Gasteiger partial charge in [0.05, 0.1) is 41.1 Å². The van der Waals surface area contributed by atoms with Crippen molar-refractivity contribution in [3.8, 4) is 5.75 Å². The monoisotopic (exact) mass is 542 g/mol. The predicted octanol–water partition coefficient (Wildman–Crippen LogP) is 5.72. The largest absolute Gasteiger partial charge is 0.507 e. The number of esters is 1. The number of carbonyl (C=O) groups is 3. The van der Waals surface area contributed by atoms with E-state index in [1.54, 1.807) is 48.5 Å². The quantitative estimate of drug-likeness (QED) is 0.144. The van der Waals surface area contributed by atoms with Crippen LogP contribution in [0.25, 0.3) is 16.0 Å². The van der Waals surface area contributed by atoms with E-state index in [1.165, 1.54) is 23.3 Å². The second kappa shape index (κ2) is 10.3. The number of Topliss-reactive ketones (excluding diaryl/α,β-unsaturated/α-hetero) is 1. The summed E-state index contributed by atoms with van der Waals surface area (Å²) in [5.41, 5.74) is 3.90. The van der Waals surface area contributed by atoms with Crippen LogP contribution in [-0.4, -0.2) is 41.5 Å². The molecule has 0 saturated carbocycles. The maximum atomic E-state index is 13.5. The maximum Gasteiger partial charge on any atom is 0.337 e. The van der Waals surface area contributed by atoms with Gasteiger partial charge in [0.15, 0.2) is 5.13 Å². The highest BCUT2D eigenvalue weighted by molar-refractivity contribution is 7.22. The van der Waals surface area contributed by atoms with E-state index in [-0.39, 0.29) is 11.3 Å². The summed E-state index contributed by atoms with van der Waals surface area (Å²) < 4.78 is 11.2. The molecule has 198 valence electrons. The van der Waals surface area contributed by atoms with E-state index in [2.05, 4.69) is 0 Å². The number of aliphatic hydroxyl groups is 1. The molecule has 1 aliphatic heterocycles. The Morgan fingerprint density at radius 2 is 1.69 bits per heavy atom. The van der Waals surface area contributed by atoms with Crippen molar-refractivity contribution in [2.45, 2.75) is 26.8 Å². The average Bonchev–Trinajstić information content (AvgIpc) is 3.47. The van der Waals surface area contributed by atoms with Crippen LogP contribution in [-0.2, 0) is 14.3 Å². The summed E-state index contributed by atoms with van der Waals surface area (Å²) in [5.74, 6) is -1.82. The van der Waals surface area contributed by atoms with Gasteiger partial charge in [0.2, 0.25) is 0 Å². The number of aromatic nitrogens is 1. The fourth-order valence-corrected chi connectivity index (χ4v) is 5.93. The molecule has 9 heteroatoms. The lowest BCUT2D eigenvalue weighted by Crippen LogP contribution is -2.29. The highest BCUT2D eigenvalue weighted by Crippen LogP contribution is 2.44. The number of hydrogen-bond acceptors (Lipinski definition) is 8. The van der Waals surface area contributed by atoms with Gasteiger partial charge in [-0.15, -0.1) is 0 Å². The number of carbonyl (C=O) groups excluding carboxylic acids is 3. The van der Waals surface area contributed by atoms with Gasteiger partial charge in [0, 0.05) is 5.56 Å². The number of hydrogen-bond donors (Lipinski definition) is 1. The molecule has 2 heterocycles. The number of ether oxygens (including phenoxy) is 2. The third-order valence-corrected chi connectivity index (χ3v) is 7.56. The van der Waals surface area contributed by atoms with Crippen molar-refractivity contribution in [2.24, 2.45) is 0 Å². The van der Waals surface area contributed by atoms with E-state index in [0.717, 1.165) is 21.3 Å². The van der Waals surface area contributed by atoms with Crippen LogP contribution in [0.15, 0.2) is 66.2 Å². The van der Waals surface area contributed by atoms with Crippen LogP contribution in [0.3, 0.4) is 0 Å². The smallest absolute Gasteiger partial charge is 0.337 e. The molecule has 3 aromatic carbocycles. The number of methoxy groups -OCH3 is 1. The molecular formula is C30H26N2O6S. The number of fused-ring (bicyclic) bond motifs is 1. The lowest BCUT2D eigenvalue weighted by Gasteiger charge is -2.23. The predicted molar refractivity (Wildman–Crippen MR) is 149 cm³/mol. The first kappa shape index (κ1) is 26.1. The van der Waals surface area contributed by atoms with Crippen LogP contribution in [0, 0.1) is 13.8 Å². The maximum absolute atomic E-state index is 13.5. The Hall–Kier alpha value is -4.50. The minimum atomic E-state index is -0.967. The molecule has 8 nitrogen and oxygen atoms in total. The van der Waals surface area contributed by atoms with Gasteiger partial charge in [-0.05, 0) is 79.9 Å². The molecule has 1 aromatic heterocycles. The van der Waals surface area contributed by atoms with E-state index in [4.69, 9.17) is 14.5 Å². The van der Waals surface area contributed by atoms with Crippen LogP contribution in [0.1, 0.15) is 45.6 Å². The van der Waals surface area contributed by atoms with Crippen molar-refractivity contribution >= 4 is 50.1 Å². The van der Waals surface area contributed by atoms with Crippen molar-refractivity contribution < 1.29 is 29.0 Å². The van der Waals surface area contributed by atoms with Crippen LogP contribution in [0.5, 0.6) is 5.75 Å². The van der Waals surface area contributed by atoms with Gasteiger partial charge in [0.25, 0.3) is 5.78 Å². The second-order valence-corrected chi connectivity index (χ2v) is 10.2. The number of rotatable bonds is 6. The SMILES string of the molecule is CCOc1ccc(/C(O)=C2\C(=O)C(=O)N(c3nc4c(C)cc(C)cc4s3)C2c2ccc(C(=O)OC)cc2)cc1. The van der Waals surface area contributed by atoms with Crippen molar-refractivity contribution in [2.75, 3.05) is 18.6 Å². The first-order valence-electron chi connectivity index (χ1n) is 12.3. The van der Waals surface area contributed by atoms with Crippen LogP contribution >= 0.6 is 11.3 Å². The Labute approximate surface area is 229 Å². The Balaban J connectivity index is 1.69. The minimum Gasteiger partial charge on any atom is -0.507 e. The first-order chi connectivity index (χ1) is 18.7. The Morgan fingerprint density at radius 1 is 1.03 bits per heavy atom. The molecule has 1 unspecified atom stereocenters. The lowest BCUT2D eigenvalue weighted by atomic mass is 9.94. The zero-order valence-corrected chi connectivity index (χ0v) is 22.7. The summed E-state index contributed by atoms with van der Waals surface area (Å²) in [4.78, 5) is 45.1. The standard InChI is InChI=1S/C30H26N2O6S/c1-5-38-21-12-10-19(11-13-21)26(33)23-25(18-6-8-20(9-7-18)29(36)37-4)32(28(35)27(23)34)30-31-24-17(3)14-16(2)15-22(24)39-30/h6-15,25,33H,5H2,1-4H3/b26-23+. The number of thiazole rings is 1. The highest BCUT2D eigenvalue weighted by atomic mass is 32.1. The van der Waals surface area contributed by atoms with Gasteiger partial charge in [-0.3, -0.25) is 14.5 Å². The summed E-state index contributed by atoms with van der Waals surface area (Å²) in [5, 5.41) is 11.7. The number of nitrogens with zero attached hydrogens (tertiary/aromatic N) is 2. The molecule has 1 N–H and O–H groups in total. The molecule has 0 radical (unpaired) electrons. The third kappa shape index (κ3) is 4.66. The molecule has 1 atom stereocenters. The topological polar surface area (TPSA) is 106 Å². The Kier molecular flexibility index (Phi) is 6.93. The summed E-state index contributed by atoms with van der Waals surface area (Å²) in [6, 6.07) is 16.1. The molecule has 0 bridgehead atoms. The lowest BCUT2D eigenvalue weighted by molar-refractivity contribution is -0.132. The van der Waals surface area contributed by atoms with Crippen LogP contribution in [0.4, 0.5) is 5.13 Å². The summed E-state index contributed by atoms with van der Waals surface area (Å²) in [6.45, 7) is 6.28. The van der Waals surface area contributed by atoms with Crippen molar-refractivity contribution in [3.05, 3.63) is 94.1 Å². The zero-order chi connectivity index (χ0) is 27.8. The molecule has 5 rings (SSSR count). The number of ketones is 1. The number of aliphatic hydroxyl groups excluding tert-OH is 1. The Morgan fingerprint density at radius 3 is 2.33 bits per heavy atom. The molecule has 1 amide bonds. The van der Waals surface area contributed by atoms with Crippen molar-refractivity contribution in [1.82, 2.24) is 4.98 Å². The zero-order valence-electron chi connectivity index (χ0n) is 21.8. The highest BCUT2D eigenvalue weighted by Gasteiger charge is 2.48. The molecule has 0 aliphatic carbocycles. The fourth-order valence-electron chi connectivity index (χ4n) is 4.76. The van der Waals surface area contributed by atoms with E-state index >= 15 is 0 Å². The van der Waals surface area contributed by atoms with Gasteiger partial charge in [0.1, 0.15) is 11.5 Å². The molecule has 0 spiro atoms. The molecule has 1 fully saturated rings.